The lowest BCUT2D eigenvalue weighted by Crippen LogP contribution is -2.16. The zero-order chi connectivity index (χ0) is 10.1. The van der Waals surface area contributed by atoms with Crippen LogP contribution < -0.4 is 10.0 Å². The van der Waals surface area contributed by atoms with E-state index >= 15 is 0 Å². The highest BCUT2D eigenvalue weighted by molar-refractivity contribution is 8.01. The molecule has 0 radical (unpaired) electrons. The van der Waals surface area contributed by atoms with Crippen molar-refractivity contribution in [2.45, 2.75) is 12.2 Å². The van der Waals surface area contributed by atoms with E-state index in [1.807, 2.05) is 34.6 Å². The van der Waals surface area contributed by atoms with Crippen LogP contribution in [0.5, 0.6) is 0 Å². The molecule has 0 bridgehead atoms. The van der Waals surface area contributed by atoms with Gasteiger partial charge in [-0.3, -0.25) is 4.31 Å². The third kappa shape index (κ3) is 1.83. The van der Waals surface area contributed by atoms with Crippen LogP contribution in [-0.2, 0) is 0 Å². The Morgan fingerprint density at radius 2 is 2.00 bits per heavy atom. The summed E-state index contributed by atoms with van der Waals surface area (Å²) >= 11 is 7.52. The molecule has 0 saturated carbocycles. The van der Waals surface area contributed by atoms with Crippen molar-refractivity contribution in [1.82, 2.24) is 0 Å². The van der Waals surface area contributed by atoms with Crippen molar-refractivity contribution in [3.05, 3.63) is 41.2 Å². The Kier molecular flexibility index (Phi) is 2.61. The molecule has 1 aromatic carbocycles. The summed E-state index contributed by atoms with van der Waals surface area (Å²) in [5.74, 6) is 0.796. The molecule has 4 heteroatoms. The van der Waals surface area contributed by atoms with Gasteiger partial charge in [0.05, 0.1) is 5.69 Å². The summed E-state index contributed by atoms with van der Waals surface area (Å²) in [5.41, 5.74) is 6.94. The average molecular weight is 227 g/mol. The molecular formula is C10H11ClN2S. The molecule has 2 N–H and O–H groups in total. The fraction of sp³-hybridized carbons (Fsp3) is 0.200. The summed E-state index contributed by atoms with van der Waals surface area (Å²) in [6.45, 7) is 2.12. The van der Waals surface area contributed by atoms with E-state index in [0.29, 0.717) is 5.25 Å². The van der Waals surface area contributed by atoms with Crippen LogP contribution in [0.4, 0.5) is 5.69 Å². The Bertz CT molecular complexity index is 361. The maximum atomic E-state index is 5.87. The van der Waals surface area contributed by atoms with E-state index in [-0.39, 0.29) is 0 Å². The highest BCUT2D eigenvalue weighted by Gasteiger charge is 2.20. The second kappa shape index (κ2) is 3.75. The predicted molar refractivity (Wildman–Crippen MR) is 63.3 cm³/mol. The van der Waals surface area contributed by atoms with Crippen LogP contribution in [0.1, 0.15) is 6.92 Å². The predicted octanol–water partition coefficient (Wildman–Crippen LogP) is 3.00. The molecule has 1 aromatic rings. The summed E-state index contributed by atoms with van der Waals surface area (Å²) in [6, 6.07) is 7.67. The van der Waals surface area contributed by atoms with E-state index in [1.165, 1.54) is 0 Å². The molecule has 74 valence electrons. The zero-order valence-corrected chi connectivity index (χ0v) is 9.35. The first kappa shape index (κ1) is 9.74. The van der Waals surface area contributed by atoms with Gasteiger partial charge in [0, 0.05) is 10.3 Å². The highest BCUT2D eigenvalue weighted by Crippen LogP contribution is 2.34. The normalized spacial score (nSPS) is 21.1. The molecule has 1 atom stereocenters. The molecule has 1 aliphatic heterocycles. The third-order valence-electron chi connectivity index (χ3n) is 1.97. The Morgan fingerprint density at radius 3 is 2.50 bits per heavy atom. The van der Waals surface area contributed by atoms with Crippen molar-refractivity contribution >= 4 is 29.2 Å². The molecule has 1 heterocycles. The number of hydrogen-bond acceptors (Lipinski definition) is 3. The molecule has 1 aliphatic rings. The van der Waals surface area contributed by atoms with Crippen LogP contribution in [-0.4, -0.2) is 5.25 Å². The Labute approximate surface area is 92.9 Å². The molecule has 2 nitrogen and oxygen atoms in total. The van der Waals surface area contributed by atoms with E-state index in [4.69, 9.17) is 17.3 Å². The molecule has 2 rings (SSSR count). The molecule has 0 aliphatic carbocycles. The standard InChI is InChI=1S/C10H11ClN2S/c1-7-6-10(12)13(14-7)9-4-2-8(11)3-5-9/h2-7H,12H2,1H3. The number of benzene rings is 1. The molecule has 14 heavy (non-hydrogen) atoms. The van der Waals surface area contributed by atoms with Crippen molar-refractivity contribution in [2.75, 3.05) is 4.31 Å². The van der Waals surface area contributed by atoms with Crippen molar-refractivity contribution in [2.24, 2.45) is 5.73 Å². The summed E-state index contributed by atoms with van der Waals surface area (Å²) < 4.78 is 2.01. The zero-order valence-electron chi connectivity index (χ0n) is 7.77. The lowest BCUT2D eigenvalue weighted by molar-refractivity contribution is 1.20. The van der Waals surface area contributed by atoms with E-state index in [0.717, 1.165) is 16.5 Å². The van der Waals surface area contributed by atoms with Gasteiger partial charge < -0.3 is 5.73 Å². The first-order chi connectivity index (χ1) is 6.66. The number of hydrogen-bond donors (Lipinski definition) is 1. The fourth-order valence-corrected chi connectivity index (χ4v) is 2.44. The van der Waals surface area contributed by atoms with Crippen LogP contribution in [0, 0.1) is 0 Å². The molecule has 0 saturated heterocycles. The third-order valence-corrected chi connectivity index (χ3v) is 3.33. The molecule has 1 unspecified atom stereocenters. The van der Waals surface area contributed by atoms with E-state index in [9.17, 15) is 0 Å². The van der Waals surface area contributed by atoms with Gasteiger partial charge in [-0.1, -0.05) is 11.6 Å². The largest absolute Gasteiger partial charge is 0.385 e. The summed E-state index contributed by atoms with van der Waals surface area (Å²) in [4.78, 5) is 0. The molecular weight excluding hydrogens is 216 g/mol. The van der Waals surface area contributed by atoms with Crippen LogP contribution in [0.25, 0.3) is 0 Å². The topological polar surface area (TPSA) is 29.3 Å². The average Bonchev–Trinajstić information content (AvgIpc) is 2.47. The molecule has 0 aromatic heterocycles. The SMILES string of the molecule is CC1C=C(N)N(c2ccc(Cl)cc2)S1. The number of halogens is 1. The van der Waals surface area contributed by atoms with Gasteiger partial charge in [-0.25, -0.2) is 0 Å². The number of nitrogens with zero attached hydrogens (tertiary/aromatic N) is 1. The second-order valence-electron chi connectivity index (χ2n) is 3.17. The molecule has 0 fully saturated rings. The van der Waals surface area contributed by atoms with Crippen molar-refractivity contribution in [1.29, 1.82) is 0 Å². The summed E-state index contributed by atoms with van der Waals surface area (Å²) in [6.07, 6.45) is 2.04. The number of nitrogens with two attached hydrogens (primary N) is 1. The fourth-order valence-electron chi connectivity index (χ4n) is 1.35. The molecule has 0 spiro atoms. The lowest BCUT2D eigenvalue weighted by Gasteiger charge is -2.18. The minimum atomic E-state index is 0.436. The monoisotopic (exact) mass is 226 g/mol. The Morgan fingerprint density at radius 1 is 1.36 bits per heavy atom. The highest BCUT2D eigenvalue weighted by atomic mass is 35.5. The minimum Gasteiger partial charge on any atom is -0.385 e. The first-order valence-electron chi connectivity index (χ1n) is 4.36. The van der Waals surface area contributed by atoms with Crippen LogP contribution in [0.15, 0.2) is 36.2 Å². The maximum absolute atomic E-state index is 5.87. The van der Waals surface area contributed by atoms with Crippen LogP contribution >= 0.6 is 23.5 Å². The van der Waals surface area contributed by atoms with Crippen molar-refractivity contribution in [3.8, 4) is 0 Å². The quantitative estimate of drug-likeness (QED) is 0.747. The van der Waals surface area contributed by atoms with E-state index < -0.39 is 0 Å². The van der Waals surface area contributed by atoms with Gasteiger partial charge in [-0.15, -0.1) is 0 Å². The van der Waals surface area contributed by atoms with E-state index in [1.54, 1.807) is 11.9 Å². The second-order valence-corrected chi connectivity index (χ2v) is 4.93. The van der Waals surface area contributed by atoms with Gasteiger partial charge in [0.2, 0.25) is 0 Å². The van der Waals surface area contributed by atoms with Crippen molar-refractivity contribution < 1.29 is 0 Å². The van der Waals surface area contributed by atoms with Gasteiger partial charge >= 0.3 is 0 Å². The van der Waals surface area contributed by atoms with Gasteiger partial charge in [0.1, 0.15) is 5.82 Å². The van der Waals surface area contributed by atoms with Crippen LogP contribution in [0.2, 0.25) is 5.02 Å². The Hall–Kier alpha value is -0.800. The summed E-state index contributed by atoms with van der Waals surface area (Å²) in [7, 11) is 0. The number of anilines is 1. The van der Waals surface area contributed by atoms with Crippen molar-refractivity contribution in [3.63, 3.8) is 0 Å². The smallest absolute Gasteiger partial charge is 0.111 e. The van der Waals surface area contributed by atoms with Gasteiger partial charge in [-0.2, -0.15) is 0 Å². The lowest BCUT2D eigenvalue weighted by atomic mass is 10.3. The van der Waals surface area contributed by atoms with Crippen LogP contribution in [0.3, 0.4) is 0 Å². The van der Waals surface area contributed by atoms with Gasteiger partial charge in [0.15, 0.2) is 0 Å². The first-order valence-corrected chi connectivity index (χ1v) is 5.58. The molecule has 0 amide bonds. The number of rotatable bonds is 1. The van der Waals surface area contributed by atoms with Gasteiger partial charge in [-0.05, 0) is 49.2 Å². The Balaban J connectivity index is 2.25. The minimum absolute atomic E-state index is 0.436. The maximum Gasteiger partial charge on any atom is 0.111 e. The summed E-state index contributed by atoms with van der Waals surface area (Å²) in [5, 5.41) is 1.18. The van der Waals surface area contributed by atoms with Gasteiger partial charge in [0.25, 0.3) is 0 Å². The van der Waals surface area contributed by atoms with E-state index in [2.05, 4.69) is 6.92 Å².